The maximum absolute atomic E-state index is 13.1. The van der Waals surface area contributed by atoms with Gasteiger partial charge in [0.15, 0.2) is 0 Å². The van der Waals surface area contributed by atoms with E-state index in [1.165, 1.54) is 12.1 Å². The molecule has 0 saturated heterocycles. The average molecular weight is 237 g/mol. The zero-order valence-electron chi connectivity index (χ0n) is 9.58. The van der Waals surface area contributed by atoms with Gasteiger partial charge in [0.2, 0.25) is 0 Å². The van der Waals surface area contributed by atoms with Crippen LogP contribution in [-0.2, 0) is 10.2 Å². The molecule has 0 heterocycles. The molecule has 3 N–H and O–H groups in total. The lowest BCUT2D eigenvalue weighted by atomic mass is 9.69. The highest BCUT2D eigenvalue weighted by atomic mass is 19.1. The molecule has 1 fully saturated rings. The lowest BCUT2D eigenvalue weighted by Crippen LogP contribution is -2.37. The number of halogens is 1. The van der Waals surface area contributed by atoms with Crippen molar-refractivity contribution in [2.45, 2.75) is 37.5 Å². The van der Waals surface area contributed by atoms with E-state index >= 15 is 0 Å². The van der Waals surface area contributed by atoms with Crippen molar-refractivity contribution in [2.75, 3.05) is 5.73 Å². The highest BCUT2D eigenvalue weighted by Gasteiger charge is 2.41. The number of carbonyl (C=O) groups is 1. The summed E-state index contributed by atoms with van der Waals surface area (Å²) in [4.78, 5) is 11.5. The highest BCUT2D eigenvalue weighted by molar-refractivity contribution is 5.82. The number of rotatable bonds is 2. The normalized spacial score (nSPS) is 18.9. The van der Waals surface area contributed by atoms with Crippen LogP contribution in [0.4, 0.5) is 10.1 Å². The summed E-state index contributed by atoms with van der Waals surface area (Å²) in [6, 6.07) is 4.27. The smallest absolute Gasteiger partial charge is 0.314 e. The van der Waals surface area contributed by atoms with Crippen molar-refractivity contribution in [3.63, 3.8) is 0 Å². The predicted molar refractivity (Wildman–Crippen MR) is 63.2 cm³/mol. The summed E-state index contributed by atoms with van der Waals surface area (Å²) >= 11 is 0. The molecule has 2 rings (SSSR count). The van der Waals surface area contributed by atoms with E-state index < -0.39 is 17.2 Å². The molecule has 3 nitrogen and oxygen atoms in total. The molecule has 1 aromatic rings. The molecular weight excluding hydrogens is 221 g/mol. The summed E-state index contributed by atoms with van der Waals surface area (Å²) in [7, 11) is 0. The number of hydrogen-bond acceptors (Lipinski definition) is 2. The molecule has 92 valence electrons. The van der Waals surface area contributed by atoms with Gasteiger partial charge in [-0.25, -0.2) is 4.39 Å². The van der Waals surface area contributed by atoms with Crippen molar-refractivity contribution in [3.8, 4) is 0 Å². The fourth-order valence-electron chi connectivity index (χ4n) is 2.62. The Morgan fingerprint density at radius 2 is 1.94 bits per heavy atom. The Morgan fingerprint density at radius 1 is 1.29 bits per heavy atom. The monoisotopic (exact) mass is 237 g/mol. The molecule has 0 aliphatic heterocycles. The Morgan fingerprint density at radius 3 is 2.47 bits per heavy atom. The predicted octanol–water partition coefficient (Wildman–Crippen LogP) is 2.69. The van der Waals surface area contributed by atoms with Crippen molar-refractivity contribution in [1.82, 2.24) is 0 Å². The van der Waals surface area contributed by atoms with Crippen LogP contribution in [-0.4, -0.2) is 11.1 Å². The first kappa shape index (κ1) is 11.9. The van der Waals surface area contributed by atoms with Crippen LogP contribution in [0.1, 0.15) is 37.7 Å². The Bertz CT molecular complexity index is 439. The summed E-state index contributed by atoms with van der Waals surface area (Å²) in [6.07, 6.45) is 4.06. The fourth-order valence-corrected chi connectivity index (χ4v) is 2.62. The molecule has 0 radical (unpaired) electrons. The topological polar surface area (TPSA) is 63.3 Å². The first-order chi connectivity index (χ1) is 8.06. The quantitative estimate of drug-likeness (QED) is 0.777. The van der Waals surface area contributed by atoms with Crippen LogP contribution in [0.5, 0.6) is 0 Å². The largest absolute Gasteiger partial charge is 0.481 e. The molecule has 1 saturated carbocycles. The second-order valence-electron chi connectivity index (χ2n) is 4.68. The van der Waals surface area contributed by atoms with Crippen LogP contribution in [0.15, 0.2) is 18.2 Å². The van der Waals surface area contributed by atoms with Gasteiger partial charge in [-0.05, 0) is 30.5 Å². The number of nitrogens with two attached hydrogens (primary N) is 1. The second kappa shape index (κ2) is 4.35. The number of hydrogen-bond donors (Lipinski definition) is 2. The van der Waals surface area contributed by atoms with Crippen molar-refractivity contribution >= 4 is 11.7 Å². The van der Waals surface area contributed by atoms with E-state index in [0.29, 0.717) is 18.4 Å². The van der Waals surface area contributed by atoms with E-state index in [-0.39, 0.29) is 5.69 Å². The van der Waals surface area contributed by atoms with Crippen LogP contribution in [0.3, 0.4) is 0 Å². The summed E-state index contributed by atoms with van der Waals surface area (Å²) in [5.74, 6) is -1.33. The summed E-state index contributed by atoms with van der Waals surface area (Å²) < 4.78 is 13.1. The molecule has 0 unspecified atom stereocenters. The summed E-state index contributed by atoms with van der Waals surface area (Å²) in [5, 5.41) is 9.47. The number of anilines is 1. The van der Waals surface area contributed by atoms with Gasteiger partial charge in [0, 0.05) is 0 Å². The molecule has 17 heavy (non-hydrogen) atoms. The minimum Gasteiger partial charge on any atom is -0.481 e. The molecule has 1 aromatic carbocycles. The Kier molecular flexibility index (Phi) is 3.05. The van der Waals surface area contributed by atoms with Gasteiger partial charge in [0.25, 0.3) is 0 Å². The molecule has 1 aliphatic rings. The highest BCUT2D eigenvalue weighted by Crippen LogP contribution is 2.40. The maximum atomic E-state index is 13.1. The summed E-state index contributed by atoms with van der Waals surface area (Å²) in [5.41, 5.74) is 5.29. The van der Waals surface area contributed by atoms with Crippen LogP contribution in [0.2, 0.25) is 0 Å². The van der Waals surface area contributed by atoms with E-state index in [9.17, 15) is 14.3 Å². The Hall–Kier alpha value is -1.58. The molecule has 1 aliphatic carbocycles. The first-order valence-electron chi connectivity index (χ1n) is 5.85. The van der Waals surface area contributed by atoms with Crippen molar-refractivity contribution in [1.29, 1.82) is 0 Å². The molecule has 4 heteroatoms. The van der Waals surface area contributed by atoms with E-state index in [1.54, 1.807) is 6.07 Å². The van der Waals surface area contributed by atoms with Gasteiger partial charge in [-0.2, -0.15) is 0 Å². The molecule has 0 atom stereocenters. The zero-order valence-corrected chi connectivity index (χ0v) is 9.58. The first-order valence-corrected chi connectivity index (χ1v) is 5.85. The van der Waals surface area contributed by atoms with Gasteiger partial charge in [-0.15, -0.1) is 0 Å². The molecule has 0 aromatic heterocycles. The van der Waals surface area contributed by atoms with Gasteiger partial charge in [0.05, 0.1) is 11.1 Å². The van der Waals surface area contributed by atoms with E-state index in [2.05, 4.69) is 0 Å². The third-order valence-corrected chi connectivity index (χ3v) is 3.67. The van der Waals surface area contributed by atoms with Crippen LogP contribution < -0.4 is 5.73 Å². The minimum atomic E-state index is -0.875. The molecule has 0 spiro atoms. The molecular formula is C13H16FNO2. The van der Waals surface area contributed by atoms with E-state index in [0.717, 1.165) is 19.3 Å². The fraction of sp³-hybridized carbons (Fsp3) is 0.462. The van der Waals surface area contributed by atoms with Crippen molar-refractivity contribution < 1.29 is 14.3 Å². The number of nitrogen functional groups attached to an aromatic ring is 1. The molecule has 0 bridgehead atoms. The zero-order chi connectivity index (χ0) is 12.5. The number of benzene rings is 1. The molecule has 0 amide bonds. The SMILES string of the molecule is Nc1cc(C2(C(=O)O)CCCCC2)ccc1F. The number of carboxylic acid groups (broad SMARTS) is 1. The maximum Gasteiger partial charge on any atom is 0.314 e. The van der Waals surface area contributed by atoms with Gasteiger partial charge >= 0.3 is 5.97 Å². The van der Waals surface area contributed by atoms with Crippen molar-refractivity contribution in [2.24, 2.45) is 0 Å². The van der Waals surface area contributed by atoms with Crippen molar-refractivity contribution in [3.05, 3.63) is 29.6 Å². The van der Waals surface area contributed by atoms with Crippen LogP contribution in [0, 0.1) is 5.82 Å². The lowest BCUT2D eigenvalue weighted by molar-refractivity contribution is -0.145. The van der Waals surface area contributed by atoms with Gasteiger partial charge in [0.1, 0.15) is 5.82 Å². The van der Waals surface area contributed by atoms with Crippen LogP contribution in [0.25, 0.3) is 0 Å². The Balaban J connectivity index is 2.45. The minimum absolute atomic E-state index is 0.0219. The van der Waals surface area contributed by atoms with Gasteiger partial charge < -0.3 is 10.8 Å². The number of aliphatic carboxylic acids is 1. The van der Waals surface area contributed by atoms with E-state index in [4.69, 9.17) is 5.73 Å². The third kappa shape index (κ3) is 1.99. The van der Waals surface area contributed by atoms with Gasteiger partial charge in [-0.1, -0.05) is 25.3 Å². The standard InChI is InChI=1S/C13H16FNO2/c14-10-5-4-9(8-11(10)15)13(12(16)17)6-2-1-3-7-13/h4-5,8H,1-3,6-7,15H2,(H,16,17). The van der Waals surface area contributed by atoms with Crippen LogP contribution >= 0.6 is 0 Å². The number of carboxylic acids is 1. The lowest BCUT2D eigenvalue weighted by Gasteiger charge is -2.33. The summed E-state index contributed by atoms with van der Waals surface area (Å²) in [6.45, 7) is 0. The Labute approximate surface area is 99.4 Å². The second-order valence-corrected chi connectivity index (χ2v) is 4.68. The van der Waals surface area contributed by atoms with E-state index in [1.807, 2.05) is 0 Å². The van der Waals surface area contributed by atoms with Gasteiger partial charge in [-0.3, -0.25) is 4.79 Å². The average Bonchev–Trinajstić information content (AvgIpc) is 2.33. The third-order valence-electron chi connectivity index (χ3n) is 3.67.